The maximum atomic E-state index is 2.41. The summed E-state index contributed by atoms with van der Waals surface area (Å²) in [5.41, 5.74) is 18.5. The standard InChI is InChI=1S/C76H52N2/c1-3-17-59(18-4-1)69-47-49-75(73-25-13-11-23-71(69)73)77(67-43-35-57(36-44-67)63-29-27-53-15-7-9-21-61(53)51-63)65-39-31-55(32-40-65)56-33-41-66(42-34-56)78(68-45-37-58(38-46-68)64-30-28-54-16-8-10-22-62(54)52-64)76-50-48-70(60-19-5-2-6-20-60)72-24-12-14-26-74(72)76/h1-52H. The van der Waals surface area contributed by atoms with Gasteiger partial charge in [-0.05, 0) is 161 Å². The van der Waals surface area contributed by atoms with Crippen LogP contribution in [0.4, 0.5) is 34.1 Å². The topological polar surface area (TPSA) is 6.48 Å². The number of fused-ring (bicyclic) bond motifs is 4. The lowest BCUT2D eigenvalue weighted by atomic mass is 9.96. The molecule has 2 nitrogen and oxygen atoms in total. The van der Waals surface area contributed by atoms with Gasteiger partial charge in [-0.2, -0.15) is 0 Å². The Balaban J connectivity index is 0.837. The molecule has 2 heteroatoms. The van der Waals surface area contributed by atoms with E-state index in [4.69, 9.17) is 0 Å². The average molecular weight is 993 g/mol. The van der Waals surface area contributed by atoms with Crippen molar-refractivity contribution in [1.29, 1.82) is 0 Å². The zero-order valence-corrected chi connectivity index (χ0v) is 42.9. The molecule has 0 aromatic heterocycles. The highest BCUT2D eigenvalue weighted by atomic mass is 15.1. The third-order valence-electron chi connectivity index (χ3n) is 15.5. The number of benzene rings is 14. The Bertz CT molecular complexity index is 4160. The Kier molecular flexibility index (Phi) is 11.9. The van der Waals surface area contributed by atoms with E-state index in [2.05, 4.69) is 325 Å². The molecule has 0 bridgehead atoms. The minimum absolute atomic E-state index is 1.08. The molecule has 0 N–H and O–H groups in total. The summed E-state index contributed by atoms with van der Waals surface area (Å²) in [5, 5.41) is 9.77. The highest BCUT2D eigenvalue weighted by molar-refractivity contribution is 6.08. The molecule has 0 heterocycles. The zero-order valence-electron chi connectivity index (χ0n) is 42.9. The van der Waals surface area contributed by atoms with Crippen molar-refractivity contribution >= 4 is 77.2 Å². The summed E-state index contributed by atoms with van der Waals surface area (Å²) >= 11 is 0. The van der Waals surface area contributed by atoms with E-state index in [9.17, 15) is 0 Å². The first-order valence-corrected chi connectivity index (χ1v) is 26.8. The van der Waals surface area contributed by atoms with Gasteiger partial charge in [0, 0.05) is 33.5 Å². The van der Waals surface area contributed by atoms with E-state index in [-0.39, 0.29) is 0 Å². The molecule has 366 valence electrons. The van der Waals surface area contributed by atoms with Crippen molar-refractivity contribution in [3.8, 4) is 55.6 Å². The Morgan fingerprint density at radius 2 is 0.449 bits per heavy atom. The smallest absolute Gasteiger partial charge is 0.0540 e. The first-order chi connectivity index (χ1) is 38.7. The second kappa shape index (κ2) is 20.1. The van der Waals surface area contributed by atoms with E-state index in [1.165, 1.54) is 87.6 Å². The molecular formula is C76H52N2. The summed E-state index contributed by atoms with van der Waals surface area (Å²) in [4.78, 5) is 4.81. The summed E-state index contributed by atoms with van der Waals surface area (Å²) in [7, 11) is 0. The van der Waals surface area contributed by atoms with Gasteiger partial charge < -0.3 is 9.80 Å². The van der Waals surface area contributed by atoms with Crippen LogP contribution in [0, 0.1) is 0 Å². The third kappa shape index (κ3) is 8.72. The fourth-order valence-corrected chi connectivity index (χ4v) is 11.5. The number of rotatable bonds is 11. The summed E-state index contributed by atoms with van der Waals surface area (Å²) in [5.74, 6) is 0. The fraction of sp³-hybridized carbons (Fsp3) is 0. The molecular weight excluding hydrogens is 941 g/mol. The van der Waals surface area contributed by atoms with Gasteiger partial charge in [-0.15, -0.1) is 0 Å². The number of anilines is 6. The molecule has 0 saturated heterocycles. The quantitative estimate of drug-likeness (QED) is 0.127. The Morgan fingerprint density at radius 3 is 0.808 bits per heavy atom. The van der Waals surface area contributed by atoms with E-state index >= 15 is 0 Å². The van der Waals surface area contributed by atoms with Crippen LogP contribution >= 0.6 is 0 Å². The Labute approximate surface area is 455 Å². The second-order valence-electron chi connectivity index (χ2n) is 20.1. The monoisotopic (exact) mass is 992 g/mol. The van der Waals surface area contributed by atoms with Gasteiger partial charge in [0.25, 0.3) is 0 Å². The molecule has 0 aliphatic heterocycles. The summed E-state index contributed by atoms with van der Waals surface area (Å²) in [6.45, 7) is 0. The van der Waals surface area contributed by atoms with Crippen LogP contribution in [0.3, 0.4) is 0 Å². The lowest BCUT2D eigenvalue weighted by Crippen LogP contribution is -2.11. The minimum atomic E-state index is 1.08. The molecule has 78 heavy (non-hydrogen) atoms. The van der Waals surface area contributed by atoms with Crippen LogP contribution in [0.1, 0.15) is 0 Å². The molecule has 0 unspecified atom stereocenters. The predicted octanol–water partition coefficient (Wildman–Crippen LogP) is 21.6. The van der Waals surface area contributed by atoms with Crippen molar-refractivity contribution in [3.05, 3.63) is 315 Å². The number of nitrogens with zero attached hydrogens (tertiary/aromatic N) is 2. The van der Waals surface area contributed by atoms with Crippen LogP contribution in [-0.4, -0.2) is 0 Å². The van der Waals surface area contributed by atoms with Gasteiger partial charge in [0.05, 0.1) is 11.4 Å². The molecule has 0 fully saturated rings. The Hall–Kier alpha value is -10.3. The van der Waals surface area contributed by atoms with Crippen LogP contribution in [0.5, 0.6) is 0 Å². The molecule has 0 amide bonds. The van der Waals surface area contributed by atoms with Gasteiger partial charge in [0.15, 0.2) is 0 Å². The minimum Gasteiger partial charge on any atom is -0.310 e. The highest BCUT2D eigenvalue weighted by Crippen LogP contribution is 2.45. The van der Waals surface area contributed by atoms with Gasteiger partial charge in [-0.25, -0.2) is 0 Å². The molecule has 0 saturated carbocycles. The molecule has 0 radical (unpaired) electrons. The van der Waals surface area contributed by atoms with Crippen molar-refractivity contribution in [2.75, 3.05) is 9.80 Å². The van der Waals surface area contributed by atoms with Gasteiger partial charge in [-0.1, -0.05) is 243 Å². The summed E-state index contributed by atoms with van der Waals surface area (Å²) in [6, 6.07) is 115. The lowest BCUT2D eigenvalue weighted by molar-refractivity contribution is 1.29. The van der Waals surface area contributed by atoms with E-state index < -0.39 is 0 Å². The van der Waals surface area contributed by atoms with E-state index in [0.717, 1.165) is 45.3 Å². The first-order valence-electron chi connectivity index (χ1n) is 26.8. The molecule has 0 atom stereocenters. The lowest BCUT2D eigenvalue weighted by Gasteiger charge is -2.28. The van der Waals surface area contributed by atoms with Crippen LogP contribution < -0.4 is 9.80 Å². The van der Waals surface area contributed by atoms with Crippen LogP contribution in [-0.2, 0) is 0 Å². The molecule has 14 aromatic rings. The van der Waals surface area contributed by atoms with Crippen molar-refractivity contribution in [3.63, 3.8) is 0 Å². The fourth-order valence-electron chi connectivity index (χ4n) is 11.5. The van der Waals surface area contributed by atoms with Crippen molar-refractivity contribution < 1.29 is 0 Å². The second-order valence-corrected chi connectivity index (χ2v) is 20.1. The largest absolute Gasteiger partial charge is 0.310 e. The highest BCUT2D eigenvalue weighted by Gasteiger charge is 2.20. The molecule has 0 aliphatic carbocycles. The third-order valence-corrected chi connectivity index (χ3v) is 15.5. The number of hydrogen-bond acceptors (Lipinski definition) is 2. The molecule has 0 spiro atoms. The summed E-state index contributed by atoms with van der Waals surface area (Å²) < 4.78 is 0. The van der Waals surface area contributed by atoms with Crippen LogP contribution in [0.25, 0.3) is 98.7 Å². The normalized spacial score (nSPS) is 11.3. The van der Waals surface area contributed by atoms with Gasteiger partial charge >= 0.3 is 0 Å². The molecule has 0 aliphatic rings. The van der Waals surface area contributed by atoms with Crippen molar-refractivity contribution in [1.82, 2.24) is 0 Å². The van der Waals surface area contributed by atoms with Crippen molar-refractivity contribution in [2.24, 2.45) is 0 Å². The van der Waals surface area contributed by atoms with Gasteiger partial charge in [-0.3, -0.25) is 0 Å². The van der Waals surface area contributed by atoms with E-state index in [0.29, 0.717) is 0 Å². The van der Waals surface area contributed by atoms with Gasteiger partial charge in [0.1, 0.15) is 0 Å². The van der Waals surface area contributed by atoms with Crippen LogP contribution in [0.15, 0.2) is 315 Å². The summed E-state index contributed by atoms with van der Waals surface area (Å²) in [6.07, 6.45) is 0. The van der Waals surface area contributed by atoms with Crippen molar-refractivity contribution in [2.45, 2.75) is 0 Å². The van der Waals surface area contributed by atoms with Gasteiger partial charge in [0.2, 0.25) is 0 Å². The molecule has 14 rings (SSSR count). The average Bonchev–Trinajstić information content (AvgIpc) is 3.66. The first kappa shape index (κ1) is 46.3. The predicted molar refractivity (Wildman–Crippen MR) is 333 cm³/mol. The molecule has 14 aromatic carbocycles. The number of hydrogen-bond donors (Lipinski definition) is 0. The Morgan fingerprint density at radius 1 is 0.167 bits per heavy atom. The maximum Gasteiger partial charge on any atom is 0.0540 e. The van der Waals surface area contributed by atoms with Crippen LogP contribution in [0.2, 0.25) is 0 Å². The maximum absolute atomic E-state index is 2.41. The zero-order chi connectivity index (χ0) is 51.8. The van der Waals surface area contributed by atoms with E-state index in [1.807, 2.05) is 0 Å². The SMILES string of the molecule is c1ccc(-c2ccc(N(c3ccc(-c4ccc(N(c5ccc(-c6ccc7ccccc7c6)cc5)c5ccc(-c6ccccc6)c6ccccc56)cc4)cc3)c3ccc(-c4ccc5ccccc5c4)cc3)c3ccccc23)cc1. The van der Waals surface area contributed by atoms with E-state index in [1.54, 1.807) is 0 Å².